The number of amides is 1. The van der Waals surface area contributed by atoms with E-state index in [0.717, 1.165) is 0 Å². The Morgan fingerprint density at radius 2 is 1.92 bits per heavy atom. The van der Waals surface area contributed by atoms with Crippen LogP contribution in [0, 0.1) is 5.82 Å². The molecule has 0 aliphatic carbocycles. The summed E-state index contributed by atoms with van der Waals surface area (Å²) in [6.45, 7) is 0. The summed E-state index contributed by atoms with van der Waals surface area (Å²) in [4.78, 5) is 16.9. The van der Waals surface area contributed by atoms with Gasteiger partial charge in [-0.05, 0) is 18.2 Å². The van der Waals surface area contributed by atoms with Crippen LogP contribution in [0.15, 0.2) is 60.9 Å². The lowest BCUT2D eigenvalue weighted by atomic mass is 10.0. The molecule has 2 aromatic carbocycles. The average Bonchev–Trinajstić information content (AvgIpc) is 2.99. The summed E-state index contributed by atoms with van der Waals surface area (Å²) in [6, 6.07) is 12.3. The fraction of sp³-hybridized carbons (Fsp3) is 0.111. The van der Waals surface area contributed by atoms with E-state index in [2.05, 4.69) is 10.3 Å². The SMILES string of the molecule is Cn1ccnc1C(NC(=O)c1ccccc1Cl)c1ccccc1F. The number of carbonyl (C=O) groups is 1. The Kier molecular flexibility index (Phi) is 4.62. The van der Waals surface area contributed by atoms with Crippen molar-refractivity contribution in [2.75, 3.05) is 0 Å². The van der Waals surface area contributed by atoms with Gasteiger partial charge in [-0.1, -0.05) is 41.9 Å². The number of hydrogen-bond acceptors (Lipinski definition) is 2. The minimum absolute atomic E-state index is 0.328. The number of halogens is 2. The molecule has 0 saturated carbocycles. The molecular formula is C18H15ClFN3O. The minimum atomic E-state index is -0.727. The summed E-state index contributed by atoms with van der Waals surface area (Å²) in [5.74, 6) is -0.276. The molecule has 3 aromatic rings. The standard InChI is InChI=1S/C18H15ClFN3O/c1-23-11-10-21-17(23)16(13-7-3-5-9-15(13)20)22-18(24)12-6-2-4-8-14(12)19/h2-11,16H,1H3,(H,22,24). The van der Waals surface area contributed by atoms with Crippen molar-refractivity contribution >= 4 is 17.5 Å². The van der Waals surface area contributed by atoms with Gasteiger partial charge in [0.2, 0.25) is 0 Å². The number of imidazole rings is 1. The van der Waals surface area contributed by atoms with Gasteiger partial charge in [0.25, 0.3) is 5.91 Å². The highest BCUT2D eigenvalue weighted by Crippen LogP contribution is 2.24. The van der Waals surface area contributed by atoms with Crippen molar-refractivity contribution in [1.29, 1.82) is 0 Å². The quantitative estimate of drug-likeness (QED) is 0.784. The van der Waals surface area contributed by atoms with Gasteiger partial charge in [0.1, 0.15) is 17.7 Å². The molecule has 0 aliphatic rings. The zero-order chi connectivity index (χ0) is 17.1. The second-order valence-corrected chi connectivity index (χ2v) is 5.71. The van der Waals surface area contributed by atoms with E-state index < -0.39 is 17.8 Å². The van der Waals surface area contributed by atoms with Gasteiger partial charge >= 0.3 is 0 Å². The molecule has 6 heteroatoms. The third-order valence-corrected chi connectivity index (χ3v) is 4.06. The van der Waals surface area contributed by atoms with Crippen LogP contribution in [0.3, 0.4) is 0 Å². The van der Waals surface area contributed by atoms with Crippen molar-refractivity contribution in [3.63, 3.8) is 0 Å². The van der Waals surface area contributed by atoms with Gasteiger partial charge in [0, 0.05) is 25.0 Å². The number of nitrogens with zero attached hydrogens (tertiary/aromatic N) is 2. The van der Waals surface area contributed by atoms with Gasteiger partial charge < -0.3 is 9.88 Å². The second kappa shape index (κ2) is 6.84. The molecule has 1 heterocycles. The van der Waals surface area contributed by atoms with Gasteiger partial charge in [-0.3, -0.25) is 4.79 Å². The molecule has 0 spiro atoms. The largest absolute Gasteiger partial charge is 0.338 e. The maximum atomic E-state index is 14.3. The van der Waals surface area contributed by atoms with E-state index in [1.165, 1.54) is 6.07 Å². The molecule has 1 unspecified atom stereocenters. The number of carbonyl (C=O) groups excluding carboxylic acids is 1. The highest BCUT2D eigenvalue weighted by Gasteiger charge is 2.24. The first-order valence-corrected chi connectivity index (χ1v) is 7.72. The molecule has 3 rings (SSSR count). The maximum Gasteiger partial charge on any atom is 0.253 e. The molecule has 0 radical (unpaired) electrons. The summed E-state index contributed by atoms with van der Waals surface area (Å²) in [6.07, 6.45) is 3.34. The molecule has 0 bridgehead atoms. The zero-order valence-corrected chi connectivity index (χ0v) is 13.7. The van der Waals surface area contributed by atoms with Crippen molar-refractivity contribution in [2.24, 2.45) is 7.05 Å². The molecule has 0 aliphatic heterocycles. The van der Waals surface area contributed by atoms with Crippen LogP contribution in [0.4, 0.5) is 4.39 Å². The predicted octanol–water partition coefficient (Wildman–Crippen LogP) is 3.73. The fourth-order valence-corrected chi connectivity index (χ4v) is 2.72. The molecule has 24 heavy (non-hydrogen) atoms. The number of nitrogens with one attached hydrogen (secondary N) is 1. The van der Waals surface area contributed by atoms with E-state index in [1.807, 2.05) is 0 Å². The van der Waals surface area contributed by atoms with E-state index in [-0.39, 0.29) is 0 Å². The normalized spacial score (nSPS) is 12.0. The Labute approximate surface area is 143 Å². The second-order valence-electron chi connectivity index (χ2n) is 5.30. The van der Waals surface area contributed by atoms with Crippen LogP contribution < -0.4 is 5.32 Å². The first-order valence-electron chi connectivity index (χ1n) is 7.35. The third kappa shape index (κ3) is 3.16. The monoisotopic (exact) mass is 343 g/mol. The maximum absolute atomic E-state index is 14.3. The number of rotatable bonds is 4. The number of benzene rings is 2. The zero-order valence-electron chi connectivity index (χ0n) is 12.9. The lowest BCUT2D eigenvalue weighted by molar-refractivity contribution is 0.0941. The van der Waals surface area contributed by atoms with Crippen LogP contribution >= 0.6 is 11.6 Å². The molecule has 0 saturated heterocycles. The van der Waals surface area contributed by atoms with E-state index in [4.69, 9.17) is 11.6 Å². The van der Waals surface area contributed by atoms with Crippen molar-refractivity contribution in [3.8, 4) is 0 Å². The molecule has 1 aromatic heterocycles. The van der Waals surface area contributed by atoms with Gasteiger partial charge in [0.15, 0.2) is 0 Å². The van der Waals surface area contributed by atoms with Crippen LogP contribution in [-0.2, 0) is 7.05 Å². The first kappa shape index (κ1) is 16.2. The Balaban J connectivity index is 2.00. The van der Waals surface area contributed by atoms with E-state index >= 15 is 0 Å². The van der Waals surface area contributed by atoms with E-state index in [1.54, 1.807) is 66.5 Å². The fourth-order valence-electron chi connectivity index (χ4n) is 2.50. The van der Waals surface area contributed by atoms with Crippen LogP contribution in [-0.4, -0.2) is 15.5 Å². The van der Waals surface area contributed by atoms with Gasteiger partial charge in [-0.25, -0.2) is 9.37 Å². The summed E-state index contributed by atoms with van der Waals surface area (Å²) >= 11 is 6.08. The van der Waals surface area contributed by atoms with Gasteiger partial charge in [0.05, 0.1) is 10.6 Å². The lowest BCUT2D eigenvalue weighted by Crippen LogP contribution is -2.31. The molecule has 1 atom stereocenters. The molecule has 122 valence electrons. The van der Waals surface area contributed by atoms with Crippen molar-refractivity contribution in [1.82, 2.24) is 14.9 Å². The number of aromatic nitrogens is 2. The molecule has 1 N–H and O–H groups in total. The Bertz CT molecular complexity index is 878. The molecule has 4 nitrogen and oxygen atoms in total. The highest BCUT2D eigenvalue weighted by molar-refractivity contribution is 6.33. The third-order valence-electron chi connectivity index (χ3n) is 3.73. The topological polar surface area (TPSA) is 46.9 Å². The Morgan fingerprint density at radius 3 is 2.58 bits per heavy atom. The predicted molar refractivity (Wildman–Crippen MR) is 90.4 cm³/mol. The van der Waals surface area contributed by atoms with Gasteiger partial charge in [-0.2, -0.15) is 0 Å². The van der Waals surface area contributed by atoms with Crippen LogP contribution in [0.2, 0.25) is 5.02 Å². The van der Waals surface area contributed by atoms with Crippen LogP contribution in [0.1, 0.15) is 27.8 Å². The Hall–Kier alpha value is -2.66. The van der Waals surface area contributed by atoms with Crippen LogP contribution in [0.5, 0.6) is 0 Å². The smallest absolute Gasteiger partial charge is 0.253 e. The minimum Gasteiger partial charge on any atom is -0.338 e. The van der Waals surface area contributed by atoms with Crippen molar-refractivity contribution in [2.45, 2.75) is 6.04 Å². The number of aryl methyl sites for hydroxylation is 1. The summed E-state index contributed by atoms with van der Waals surface area (Å²) in [5, 5.41) is 3.16. The average molecular weight is 344 g/mol. The van der Waals surface area contributed by atoms with E-state index in [9.17, 15) is 9.18 Å². The lowest BCUT2D eigenvalue weighted by Gasteiger charge is -2.20. The molecule has 1 amide bonds. The molecule has 0 fully saturated rings. The highest BCUT2D eigenvalue weighted by atomic mass is 35.5. The van der Waals surface area contributed by atoms with E-state index in [0.29, 0.717) is 22.0 Å². The van der Waals surface area contributed by atoms with Gasteiger partial charge in [-0.15, -0.1) is 0 Å². The Morgan fingerprint density at radius 1 is 1.21 bits per heavy atom. The molecular weight excluding hydrogens is 329 g/mol. The first-order chi connectivity index (χ1) is 11.6. The summed E-state index contributed by atoms with van der Waals surface area (Å²) in [7, 11) is 1.79. The van der Waals surface area contributed by atoms with Crippen LogP contribution in [0.25, 0.3) is 0 Å². The summed E-state index contributed by atoms with van der Waals surface area (Å²) in [5.41, 5.74) is 0.668. The van der Waals surface area contributed by atoms with Crippen molar-refractivity contribution in [3.05, 3.63) is 88.7 Å². The number of hydrogen-bond donors (Lipinski definition) is 1. The summed E-state index contributed by atoms with van der Waals surface area (Å²) < 4.78 is 16.0. The van der Waals surface area contributed by atoms with Crippen molar-refractivity contribution < 1.29 is 9.18 Å².